The van der Waals surface area contributed by atoms with Gasteiger partial charge in [-0.2, -0.15) is 18.3 Å². The van der Waals surface area contributed by atoms with Gasteiger partial charge in [-0.3, -0.25) is 9.79 Å². The average Bonchev–Trinajstić information content (AvgIpc) is 3.25. The monoisotopic (exact) mass is 470 g/mol. The third-order valence-corrected chi connectivity index (χ3v) is 4.91. The van der Waals surface area contributed by atoms with Crippen LogP contribution in [-0.4, -0.2) is 40.0 Å². The Morgan fingerprint density at radius 3 is 2.65 bits per heavy atom. The number of alkyl halides is 3. The Bertz CT molecular complexity index is 1320. The Balaban J connectivity index is 2.05. The van der Waals surface area contributed by atoms with Gasteiger partial charge in [0.1, 0.15) is 6.33 Å². The Morgan fingerprint density at radius 1 is 1.26 bits per heavy atom. The maximum absolute atomic E-state index is 13.9. The second-order valence-corrected chi connectivity index (χ2v) is 7.00. The normalized spacial score (nSPS) is 12.9. The molecule has 0 atom stereocenters. The fourth-order valence-corrected chi connectivity index (χ4v) is 3.27. The molecule has 0 saturated heterocycles. The highest BCUT2D eigenvalue weighted by atomic mass is 19.4. The van der Waals surface area contributed by atoms with E-state index in [0.717, 1.165) is 12.3 Å². The van der Waals surface area contributed by atoms with Crippen molar-refractivity contribution < 1.29 is 18.0 Å². The molecule has 0 spiro atoms. The molecule has 0 aliphatic carbocycles. The summed E-state index contributed by atoms with van der Waals surface area (Å²) < 4.78 is 43.1. The van der Waals surface area contributed by atoms with Crippen LogP contribution in [0.25, 0.3) is 22.3 Å². The minimum absolute atomic E-state index is 0.153. The molecule has 3 aromatic rings. The predicted octanol–water partition coefficient (Wildman–Crippen LogP) is 2.52. The first-order chi connectivity index (χ1) is 16.2. The number of benzene rings is 1. The lowest BCUT2D eigenvalue weighted by atomic mass is 10.0. The van der Waals surface area contributed by atoms with Gasteiger partial charge in [0.05, 0.1) is 22.3 Å². The lowest BCUT2D eigenvalue weighted by Gasteiger charge is -2.15. The van der Waals surface area contributed by atoms with Gasteiger partial charge in [0.25, 0.3) is 5.91 Å². The smallest absolute Gasteiger partial charge is 0.404 e. The number of carbonyl (C=O) groups is 1. The number of halogens is 3. The van der Waals surface area contributed by atoms with Crippen molar-refractivity contribution in [3.8, 4) is 11.3 Å². The van der Waals surface area contributed by atoms with Gasteiger partial charge in [-0.1, -0.05) is 12.1 Å². The zero-order valence-corrected chi connectivity index (χ0v) is 18.0. The quantitative estimate of drug-likeness (QED) is 0.309. The van der Waals surface area contributed by atoms with Crippen LogP contribution in [0.15, 0.2) is 59.8 Å². The van der Waals surface area contributed by atoms with E-state index in [4.69, 9.17) is 16.9 Å². The summed E-state index contributed by atoms with van der Waals surface area (Å²) in [6.07, 6.45) is 2.76. The molecule has 3 rings (SSSR count). The van der Waals surface area contributed by atoms with E-state index in [1.165, 1.54) is 29.2 Å². The number of nitrogens with one attached hydrogen (secondary N) is 2. The summed E-state index contributed by atoms with van der Waals surface area (Å²) >= 11 is 0. The van der Waals surface area contributed by atoms with Crippen LogP contribution < -0.4 is 16.8 Å². The number of hydrogen-bond acceptors (Lipinski definition) is 7. The van der Waals surface area contributed by atoms with E-state index in [0.29, 0.717) is 22.9 Å². The maximum Gasteiger partial charge on any atom is 0.416 e. The summed E-state index contributed by atoms with van der Waals surface area (Å²) in [5.41, 5.74) is 11.9. The summed E-state index contributed by atoms with van der Waals surface area (Å²) in [6, 6.07) is 5.43. The molecule has 1 amide bonds. The first-order valence-corrected chi connectivity index (χ1v) is 9.82. The molecule has 0 fully saturated rings. The number of rotatable bonds is 7. The molecular weight excluding hydrogens is 449 g/mol. The molecule has 1 aromatic carbocycles. The van der Waals surface area contributed by atoms with Crippen LogP contribution in [0.2, 0.25) is 0 Å². The van der Waals surface area contributed by atoms with Crippen molar-refractivity contribution in [1.82, 2.24) is 19.9 Å². The van der Waals surface area contributed by atoms with Crippen LogP contribution in [0.5, 0.6) is 0 Å². The van der Waals surface area contributed by atoms with E-state index in [1.54, 1.807) is 25.5 Å². The second kappa shape index (κ2) is 9.98. The number of fused-ring (bicyclic) bond motifs is 1. The highest BCUT2D eigenvalue weighted by Crippen LogP contribution is 2.36. The third kappa shape index (κ3) is 4.95. The van der Waals surface area contributed by atoms with Crippen molar-refractivity contribution in [2.24, 2.45) is 16.5 Å². The fraction of sp³-hybridized carbons (Fsp3) is 0.136. The zero-order chi connectivity index (χ0) is 24.9. The SMILES string of the molecule is CN=CC(=CN)c1cc2c(-c3ccc(CNC(=O)/C(C=N)=C/N)c(C(F)(F)F)c3)ncnn2c1. The minimum Gasteiger partial charge on any atom is -0.404 e. The van der Waals surface area contributed by atoms with Crippen molar-refractivity contribution in [3.05, 3.63) is 71.5 Å². The molecular formula is C22H21F3N8O. The first-order valence-electron chi connectivity index (χ1n) is 9.82. The molecule has 6 N–H and O–H groups in total. The van der Waals surface area contributed by atoms with Gasteiger partial charge in [0.15, 0.2) is 0 Å². The number of carbonyl (C=O) groups excluding carboxylic acids is 1. The van der Waals surface area contributed by atoms with E-state index in [1.807, 2.05) is 0 Å². The Kier molecular flexibility index (Phi) is 7.09. The van der Waals surface area contributed by atoms with Gasteiger partial charge in [-0.25, -0.2) is 9.50 Å². The molecule has 0 aliphatic heterocycles. The van der Waals surface area contributed by atoms with Gasteiger partial charge in [-0.05, 0) is 17.7 Å². The largest absolute Gasteiger partial charge is 0.416 e. The molecule has 0 unspecified atom stereocenters. The van der Waals surface area contributed by atoms with Crippen LogP contribution in [-0.2, 0) is 17.5 Å². The zero-order valence-electron chi connectivity index (χ0n) is 18.0. The van der Waals surface area contributed by atoms with E-state index in [9.17, 15) is 18.0 Å². The van der Waals surface area contributed by atoms with E-state index in [2.05, 4.69) is 20.4 Å². The number of nitrogens with zero attached hydrogens (tertiary/aromatic N) is 4. The van der Waals surface area contributed by atoms with Crippen molar-refractivity contribution in [2.75, 3.05) is 7.05 Å². The van der Waals surface area contributed by atoms with Gasteiger partial charge >= 0.3 is 6.18 Å². The molecule has 0 aliphatic rings. The lowest BCUT2D eigenvalue weighted by Crippen LogP contribution is -2.27. The molecule has 2 aromatic heterocycles. The summed E-state index contributed by atoms with van der Waals surface area (Å²) in [6.45, 7) is -0.408. The van der Waals surface area contributed by atoms with Gasteiger partial charge < -0.3 is 22.2 Å². The third-order valence-electron chi connectivity index (χ3n) is 4.91. The number of aromatic nitrogens is 3. The summed E-state index contributed by atoms with van der Waals surface area (Å²) in [5, 5.41) is 13.6. The molecule has 0 bridgehead atoms. The Hall–Kier alpha value is -4.48. The number of hydrogen-bond donors (Lipinski definition) is 4. The molecule has 176 valence electrons. The Labute approximate surface area is 192 Å². The second-order valence-electron chi connectivity index (χ2n) is 7.00. The van der Waals surface area contributed by atoms with E-state index < -0.39 is 24.2 Å². The average molecular weight is 470 g/mol. The van der Waals surface area contributed by atoms with Crippen LogP contribution in [0, 0.1) is 5.41 Å². The van der Waals surface area contributed by atoms with E-state index in [-0.39, 0.29) is 22.4 Å². The maximum atomic E-state index is 13.9. The van der Waals surface area contributed by atoms with Gasteiger partial charge in [0, 0.05) is 61.3 Å². The van der Waals surface area contributed by atoms with Gasteiger partial charge in [0.2, 0.25) is 0 Å². The molecule has 0 radical (unpaired) electrons. The first kappa shape index (κ1) is 24.2. The molecule has 12 heteroatoms. The lowest BCUT2D eigenvalue weighted by molar-refractivity contribution is -0.138. The van der Waals surface area contributed by atoms with Crippen molar-refractivity contribution in [1.29, 1.82) is 5.41 Å². The Morgan fingerprint density at radius 2 is 2.03 bits per heavy atom. The molecule has 9 nitrogen and oxygen atoms in total. The topological polar surface area (TPSA) is 148 Å². The molecule has 2 heterocycles. The predicted molar refractivity (Wildman–Crippen MR) is 123 cm³/mol. The standard InChI is InChI=1S/C22H21F3N8O/c1-29-9-17(8-28)15-5-19-20(31-12-32-33(19)11-15)13-2-3-14(18(4-13)22(23,24)25)10-30-21(34)16(6-26)7-27/h2-9,11-12,26H,10,27-28H2,1H3,(H,30,34)/b16-7+,17-8?,26-6?,29-9?. The van der Waals surface area contributed by atoms with Crippen LogP contribution in [0.3, 0.4) is 0 Å². The minimum atomic E-state index is -4.69. The molecule has 0 saturated carbocycles. The number of nitrogens with two attached hydrogens (primary N) is 2. The number of aliphatic imine (C=N–C) groups is 1. The summed E-state index contributed by atoms with van der Waals surface area (Å²) in [5.74, 6) is -0.757. The summed E-state index contributed by atoms with van der Waals surface area (Å²) in [4.78, 5) is 20.1. The number of allylic oxidation sites excluding steroid dienone is 1. The van der Waals surface area contributed by atoms with Crippen LogP contribution in [0.1, 0.15) is 16.7 Å². The fourth-order valence-electron chi connectivity index (χ4n) is 3.27. The van der Waals surface area contributed by atoms with Crippen LogP contribution in [0.4, 0.5) is 13.2 Å². The number of amides is 1. The molecule has 34 heavy (non-hydrogen) atoms. The van der Waals surface area contributed by atoms with Crippen LogP contribution >= 0.6 is 0 Å². The van der Waals surface area contributed by atoms with Gasteiger partial charge in [-0.15, -0.1) is 0 Å². The highest BCUT2D eigenvalue weighted by Gasteiger charge is 2.34. The van der Waals surface area contributed by atoms with Crippen molar-refractivity contribution in [2.45, 2.75) is 12.7 Å². The van der Waals surface area contributed by atoms with Crippen molar-refractivity contribution >= 4 is 29.4 Å². The van der Waals surface area contributed by atoms with Crippen molar-refractivity contribution in [3.63, 3.8) is 0 Å². The van der Waals surface area contributed by atoms with E-state index >= 15 is 0 Å². The highest BCUT2D eigenvalue weighted by molar-refractivity contribution is 6.11. The summed E-state index contributed by atoms with van der Waals surface area (Å²) in [7, 11) is 1.59.